The zero-order valence-electron chi connectivity index (χ0n) is 12.3. The van der Waals surface area contributed by atoms with Gasteiger partial charge in [0.2, 0.25) is 0 Å². The lowest BCUT2D eigenvalue weighted by molar-refractivity contribution is 0.0980. The molecule has 0 aromatic heterocycles. The van der Waals surface area contributed by atoms with Crippen molar-refractivity contribution in [1.29, 1.82) is 0 Å². The lowest BCUT2D eigenvalue weighted by atomic mass is 9.93. The van der Waals surface area contributed by atoms with Gasteiger partial charge >= 0.3 is 0 Å². The Kier molecular flexibility index (Phi) is 3.42. The number of phenolic OH excluding ortho intramolecular Hbond substituents is 1. The van der Waals surface area contributed by atoms with Gasteiger partial charge in [0.25, 0.3) is 5.91 Å². The van der Waals surface area contributed by atoms with Gasteiger partial charge in [0.15, 0.2) is 0 Å². The molecule has 1 heterocycles. The second-order valence-electron chi connectivity index (χ2n) is 5.85. The Hall–Kier alpha value is -2.29. The lowest BCUT2D eigenvalue weighted by Gasteiger charge is -2.33. The molecule has 1 unspecified atom stereocenters. The van der Waals surface area contributed by atoms with Crippen LogP contribution in [0.25, 0.3) is 0 Å². The van der Waals surface area contributed by atoms with Crippen LogP contribution in [-0.4, -0.2) is 17.6 Å². The maximum atomic E-state index is 12.9. The first-order chi connectivity index (χ1) is 10.1. The number of phenols is 1. The van der Waals surface area contributed by atoms with E-state index in [0.717, 1.165) is 24.2 Å². The molecule has 3 heteroatoms. The fourth-order valence-corrected chi connectivity index (χ4v) is 3.02. The number of anilines is 1. The van der Waals surface area contributed by atoms with E-state index < -0.39 is 0 Å². The molecule has 21 heavy (non-hydrogen) atoms. The Labute approximate surface area is 124 Å². The second kappa shape index (κ2) is 5.24. The van der Waals surface area contributed by atoms with Crippen LogP contribution in [0.15, 0.2) is 42.5 Å². The van der Waals surface area contributed by atoms with Gasteiger partial charge in [-0.15, -0.1) is 0 Å². The zero-order chi connectivity index (χ0) is 15.0. The summed E-state index contributed by atoms with van der Waals surface area (Å²) in [6.07, 6.45) is 1.01. The number of aromatic hydroxyl groups is 1. The molecule has 0 bridgehead atoms. The first-order valence-corrected chi connectivity index (χ1v) is 7.25. The summed E-state index contributed by atoms with van der Waals surface area (Å²) in [6, 6.07) is 13.0. The zero-order valence-corrected chi connectivity index (χ0v) is 12.3. The number of hydrogen-bond donors (Lipinski definition) is 1. The molecule has 1 aliphatic rings. The summed E-state index contributed by atoms with van der Waals surface area (Å²) in [5, 5.41) is 9.50. The number of benzene rings is 2. The Morgan fingerprint density at radius 1 is 1.24 bits per heavy atom. The van der Waals surface area contributed by atoms with Crippen molar-refractivity contribution in [3.8, 4) is 5.75 Å². The topological polar surface area (TPSA) is 40.5 Å². The van der Waals surface area contributed by atoms with Crippen molar-refractivity contribution < 1.29 is 9.90 Å². The van der Waals surface area contributed by atoms with Crippen LogP contribution in [0.3, 0.4) is 0 Å². The highest BCUT2D eigenvalue weighted by Crippen LogP contribution is 2.31. The van der Waals surface area contributed by atoms with Crippen LogP contribution in [0.1, 0.15) is 28.4 Å². The number of para-hydroxylation sites is 1. The maximum Gasteiger partial charge on any atom is 0.258 e. The van der Waals surface area contributed by atoms with Crippen LogP contribution >= 0.6 is 0 Å². The molecule has 0 radical (unpaired) electrons. The molecule has 3 rings (SSSR count). The van der Waals surface area contributed by atoms with E-state index in [1.165, 1.54) is 5.56 Å². The third-order valence-electron chi connectivity index (χ3n) is 4.03. The number of carbonyl (C=O) groups is 1. The van der Waals surface area contributed by atoms with Gasteiger partial charge in [-0.2, -0.15) is 0 Å². The van der Waals surface area contributed by atoms with E-state index in [4.69, 9.17) is 0 Å². The van der Waals surface area contributed by atoms with Crippen molar-refractivity contribution in [2.75, 3.05) is 11.4 Å². The lowest BCUT2D eigenvalue weighted by Crippen LogP contribution is -2.39. The van der Waals surface area contributed by atoms with Gasteiger partial charge in [-0.25, -0.2) is 0 Å². The molecule has 0 spiro atoms. The Bertz CT molecular complexity index is 693. The molecule has 1 N–H and O–H groups in total. The first kappa shape index (κ1) is 13.7. The third kappa shape index (κ3) is 2.51. The number of carbonyl (C=O) groups excluding carboxylic acids is 1. The van der Waals surface area contributed by atoms with Crippen molar-refractivity contribution in [2.45, 2.75) is 20.3 Å². The van der Waals surface area contributed by atoms with Crippen LogP contribution in [0, 0.1) is 12.8 Å². The highest BCUT2D eigenvalue weighted by Gasteiger charge is 2.27. The fraction of sp³-hybridized carbons (Fsp3) is 0.278. The van der Waals surface area contributed by atoms with Crippen molar-refractivity contribution in [3.63, 3.8) is 0 Å². The average Bonchev–Trinajstić information content (AvgIpc) is 2.45. The van der Waals surface area contributed by atoms with E-state index >= 15 is 0 Å². The number of rotatable bonds is 1. The molecular weight excluding hydrogens is 262 g/mol. The molecule has 0 aliphatic carbocycles. The standard InChI is InChI=1S/C18H19NO2/c1-12-9-14-5-3-4-6-17(14)19(11-12)18(21)16-8-7-15(20)10-13(16)2/h3-8,10,12,20H,9,11H2,1-2H3. The van der Waals surface area contributed by atoms with Gasteiger partial charge in [-0.1, -0.05) is 25.1 Å². The highest BCUT2D eigenvalue weighted by atomic mass is 16.3. The summed E-state index contributed by atoms with van der Waals surface area (Å²) < 4.78 is 0. The molecule has 1 aliphatic heterocycles. The minimum absolute atomic E-state index is 0.00602. The second-order valence-corrected chi connectivity index (χ2v) is 5.85. The Morgan fingerprint density at radius 2 is 2.00 bits per heavy atom. The summed E-state index contributed by atoms with van der Waals surface area (Å²) in [5.41, 5.74) is 3.68. The number of nitrogens with zero attached hydrogens (tertiary/aromatic N) is 1. The normalized spacial score (nSPS) is 17.4. The van der Waals surface area contributed by atoms with Gasteiger partial charge in [0.1, 0.15) is 5.75 Å². The number of hydrogen-bond acceptors (Lipinski definition) is 2. The predicted molar refractivity (Wildman–Crippen MR) is 83.8 cm³/mol. The van der Waals surface area contributed by atoms with E-state index in [1.54, 1.807) is 18.2 Å². The van der Waals surface area contributed by atoms with Gasteiger partial charge in [0.05, 0.1) is 0 Å². The largest absolute Gasteiger partial charge is 0.508 e. The summed E-state index contributed by atoms with van der Waals surface area (Å²) in [7, 11) is 0. The summed E-state index contributed by atoms with van der Waals surface area (Å²) in [5.74, 6) is 0.643. The minimum Gasteiger partial charge on any atom is -0.508 e. The molecule has 0 saturated heterocycles. The Morgan fingerprint density at radius 3 is 2.76 bits per heavy atom. The molecule has 3 nitrogen and oxygen atoms in total. The van der Waals surface area contributed by atoms with E-state index in [-0.39, 0.29) is 11.7 Å². The van der Waals surface area contributed by atoms with Gasteiger partial charge in [0, 0.05) is 17.8 Å². The number of amides is 1. The third-order valence-corrected chi connectivity index (χ3v) is 4.03. The van der Waals surface area contributed by atoms with Crippen molar-refractivity contribution in [2.24, 2.45) is 5.92 Å². The average molecular weight is 281 g/mol. The molecular formula is C18H19NO2. The van der Waals surface area contributed by atoms with Crippen molar-refractivity contribution >= 4 is 11.6 Å². The Balaban J connectivity index is 2.02. The number of fused-ring (bicyclic) bond motifs is 1. The van der Waals surface area contributed by atoms with Crippen LogP contribution in [0.4, 0.5) is 5.69 Å². The SMILES string of the molecule is Cc1cc(O)ccc1C(=O)N1CC(C)Cc2ccccc21. The van der Waals surface area contributed by atoms with Crippen LogP contribution in [0.2, 0.25) is 0 Å². The fourth-order valence-electron chi connectivity index (χ4n) is 3.02. The molecule has 2 aromatic carbocycles. The highest BCUT2D eigenvalue weighted by molar-refractivity contribution is 6.07. The van der Waals surface area contributed by atoms with Crippen LogP contribution in [-0.2, 0) is 6.42 Å². The smallest absolute Gasteiger partial charge is 0.258 e. The summed E-state index contributed by atoms with van der Waals surface area (Å²) in [4.78, 5) is 14.7. The van der Waals surface area contributed by atoms with Gasteiger partial charge in [-0.3, -0.25) is 4.79 Å². The van der Waals surface area contributed by atoms with E-state index in [0.29, 0.717) is 11.5 Å². The maximum absolute atomic E-state index is 12.9. The van der Waals surface area contributed by atoms with Crippen molar-refractivity contribution in [3.05, 3.63) is 59.2 Å². The predicted octanol–water partition coefficient (Wildman–Crippen LogP) is 3.54. The van der Waals surface area contributed by atoms with Crippen LogP contribution < -0.4 is 4.90 Å². The first-order valence-electron chi connectivity index (χ1n) is 7.25. The van der Waals surface area contributed by atoms with Crippen molar-refractivity contribution in [1.82, 2.24) is 0 Å². The molecule has 1 atom stereocenters. The molecule has 0 fully saturated rings. The summed E-state index contributed by atoms with van der Waals surface area (Å²) >= 11 is 0. The molecule has 2 aromatic rings. The van der Waals surface area contributed by atoms with Gasteiger partial charge < -0.3 is 10.0 Å². The molecule has 1 amide bonds. The number of aryl methyl sites for hydroxylation is 1. The van der Waals surface area contributed by atoms with E-state index in [9.17, 15) is 9.90 Å². The summed E-state index contributed by atoms with van der Waals surface area (Å²) in [6.45, 7) is 4.75. The van der Waals surface area contributed by atoms with Crippen LogP contribution in [0.5, 0.6) is 5.75 Å². The molecule has 108 valence electrons. The minimum atomic E-state index is 0.00602. The van der Waals surface area contributed by atoms with E-state index in [2.05, 4.69) is 13.0 Å². The quantitative estimate of drug-likeness (QED) is 0.868. The molecule has 0 saturated carbocycles. The van der Waals surface area contributed by atoms with Gasteiger partial charge in [-0.05, 0) is 54.7 Å². The van der Waals surface area contributed by atoms with E-state index in [1.807, 2.05) is 30.0 Å². The monoisotopic (exact) mass is 281 g/mol.